The third-order valence-electron chi connectivity index (χ3n) is 17.6. The quantitative estimate of drug-likeness (QED) is 0.146. The molecule has 8 bridgehead atoms. The van der Waals surface area contributed by atoms with Gasteiger partial charge >= 0.3 is 29.8 Å². The van der Waals surface area contributed by atoms with Crippen LogP contribution in [0.4, 0.5) is 0 Å². The fourth-order valence-electron chi connectivity index (χ4n) is 12.5. The van der Waals surface area contributed by atoms with Gasteiger partial charge in [-0.05, 0) is 169 Å². The van der Waals surface area contributed by atoms with Crippen LogP contribution in [-0.4, -0.2) is 48.2 Å². The third kappa shape index (κ3) is 13.6. The summed E-state index contributed by atoms with van der Waals surface area (Å²) in [6.45, 7) is 21.4. The molecule has 12 unspecified atom stereocenters. The molecule has 10 aliphatic rings. The van der Waals surface area contributed by atoms with E-state index in [0.717, 1.165) is 54.3 Å². The molecule has 2 saturated heterocycles. The summed E-state index contributed by atoms with van der Waals surface area (Å²) < 4.78 is 20.9. The van der Waals surface area contributed by atoms with Crippen LogP contribution in [0.1, 0.15) is 212 Å². The van der Waals surface area contributed by atoms with Crippen LogP contribution in [0.15, 0.2) is 0 Å². The second-order valence-corrected chi connectivity index (χ2v) is 21.0. The highest BCUT2D eigenvalue weighted by molar-refractivity contribution is 5.95. The SMILES string of the molecule is C.C.C.C.C.C.C.C.CC1C(=O)OC(=O)C1C.CC1C2CC(C(=O)OCC3CCC(=O)O3)C(C2)C1C.CC1C2CCC(C2)C1C.CCC(C)(C)C(=O)OC1(C)C2CC3CC(C2)CC1C3. The summed E-state index contributed by atoms with van der Waals surface area (Å²) in [4.78, 5) is 56.7. The van der Waals surface area contributed by atoms with Crippen LogP contribution in [0.3, 0.4) is 0 Å². The highest BCUT2D eigenvalue weighted by atomic mass is 16.6. The number of carbonyl (C=O) groups excluding carboxylic acids is 5. The molecule has 12 atom stereocenters. The number of rotatable bonds is 6. The van der Waals surface area contributed by atoms with Gasteiger partial charge in [0, 0.05) is 6.42 Å². The van der Waals surface area contributed by atoms with E-state index >= 15 is 0 Å². The highest BCUT2D eigenvalue weighted by Gasteiger charge is 2.58. The van der Waals surface area contributed by atoms with Crippen molar-refractivity contribution in [1.82, 2.24) is 0 Å². The lowest BCUT2D eigenvalue weighted by Gasteiger charge is -2.59. The first-order chi connectivity index (χ1) is 26.3. The molecule has 2 aliphatic heterocycles. The molecule has 380 valence electrons. The smallest absolute Gasteiger partial charge is 0.317 e. The number of carbonyl (C=O) groups is 5. The van der Waals surface area contributed by atoms with Crippen LogP contribution >= 0.6 is 0 Å². The van der Waals surface area contributed by atoms with Crippen LogP contribution in [0, 0.1) is 94.2 Å². The van der Waals surface area contributed by atoms with E-state index in [2.05, 4.69) is 46.3 Å². The number of hydrogen-bond acceptors (Lipinski definition) is 9. The normalized spacial score (nSPS) is 39.2. The maximum atomic E-state index is 12.5. The Hall–Kier alpha value is -2.45. The van der Waals surface area contributed by atoms with Gasteiger partial charge in [-0.2, -0.15) is 0 Å². The first-order valence-electron chi connectivity index (χ1n) is 22.7. The van der Waals surface area contributed by atoms with Gasteiger partial charge in [0.1, 0.15) is 18.3 Å². The van der Waals surface area contributed by atoms with Gasteiger partial charge in [-0.25, -0.2) is 0 Å². The molecule has 0 aromatic carbocycles. The first kappa shape index (κ1) is 65.8. The Morgan fingerprint density at radius 2 is 1.11 bits per heavy atom. The minimum atomic E-state index is -0.396. The molecule has 0 spiro atoms. The molecule has 0 amide bonds. The van der Waals surface area contributed by atoms with Gasteiger partial charge < -0.3 is 18.9 Å². The van der Waals surface area contributed by atoms with Crippen molar-refractivity contribution >= 4 is 29.8 Å². The van der Waals surface area contributed by atoms with Gasteiger partial charge in [-0.3, -0.25) is 24.0 Å². The van der Waals surface area contributed by atoms with Crippen molar-refractivity contribution in [2.45, 2.75) is 224 Å². The van der Waals surface area contributed by atoms with Crippen molar-refractivity contribution < 1.29 is 42.9 Å². The van der Waals surface area contributed by atoms with Crippen LogP contribution < -0.4 is 0 Å². The van der Waals surface area contributed by atoms with Crippen molar-refractivity contribution in [2.24, 2.45) is 94.2 Å². The van der Waals surface area contributed by atoms with Crippen molar-refractivity contribution in [3.63, 3.8) is 0 Å². The summed E-state index contributed by atoms with van der Waals surface area (Å²) in [6, 6.07) is 0. The number of hydrogen-bond donors (Lipinski definition) is 0. The Balaban J connectivity index is -0.000000780. The lowest BCUT2D eigenvalue weighted by Crippen LogP contribution is -2.58. The van der Waals surface area contributed by atoms with Gasteiger partial charge in [0.05, 0.1) is 23.2 Å². The van der Waals surface area contributed by atoms with E-state index in [0.29, 0.717) is 42.4 Å². The summed E-state index contributed by atoms with van der Waals surface area (Å²) in [6.07, 6.45) is 15.2. The van der Waals surface area contributed by atoms with Crippen LogP contribution in [0.5, 0.6) is 0 Å². The number of ether oxygens (including phenoxy) is 4. The number of cyclic esters (lactones) is 3. The topological polar surface area (TPSA) is 122 Å². The van der Waals surface area contributed by atoms with Crippen LogP contribution in [0.2, 0.25) is 0 Å². The van der Waals surface area contributed by atoms with E-state index < -0.39 is 11.9 Å². The Kier molecular flexibility index (Phi) is 26.9. The molecule has 0 aromatic heterocycles. The molecule has 64 heavy (non-hydrogen) atoms. The largest absolute Gasteiger partial charge is 0.462 e. The van der Waals surface area contributed by atoms with Crippen molar-refractivity contribution in [2.75, 3.05) is 6.61 Å². The second-order valence-electron chi connectivity index (χ2n) is 21.0. The highest BCUT2D eigenvalue weighted by Crippen LogP contribution is 2.60. The van der Waals surface area contributed by atoms with E-state index in [1.54, 1.807) is 20.3 Å². The summed E-state index contributed by atoms with van der Waals surface area (Å²) >= 11 is 0. The lowest BCUT2D eigenvalue weighted by molar-refractivity contribution is -0.211. The van der Waals surface area contributed by atoms with E-state index in [-0.39, 0.29) is 119 Å². The Morgan fingerprint density at radius 3 is 1.45 bits per heavy atom. The number of esters is 5. The molecule has 0 aromatic rings. The summed E-state index contributed by atoms with van der Waals surface area (Å²) in [5.74, 6) is 8.53. The minimum Gasteiger partial charge on any atom is -0.462 e. The number of fused-ring (bicyclic) bond motifs is 4. The molecule has 2 heterocycles. The van der Waals surface area contributed by atoms with Crippen LogP contribution in [0.25, 0.3) is 0 Å². The monoisotopic (exact) mass is 911 g/mol. The summed E-state index contributed by atoms with van der Waals surface area (Å²) in [7, 11) is 0. The summed E-state index contributed by atoms with van der Waals surface area (Å²) in [5.41, 5.74) is -0.505. The Bertz CT molecular complexity index is 1400. The van der Waals surface area contributed by atoms with Gasteiger partial charge in [0.25, 0.3) is 0 Å². The first-order valence-corrected chi connectivity index (χ1v) is 22.7. The molecule has 0 radical (unpaired) electrons. The Labute approximate surface area is 396 Å². The maximum absolute atomic E-state index is 12.5. The van der Waals surface area contributed by atoms with E-state index in [1.165, 1.54) is 51.4 Å². The molecule has 8 aliphatic carbocycles. The summed E-state index contributed by atoms with van der Waals surface area (Å²) in [5, 5.41) is 0. The van der Waals surface area contributed by atoms with E-state index in [9.17, 15) is 24.0 Å². The minimum absolute atomic E-state index is 0. The van der Waals surface area contributed by atoms with Gasteiger partial charge in [0.2, 0.25) is 0 Å². The predicted molar refractivity (Wildman–Crippen MR) is 266 cm³/mol. The van der Waals surface area contributed by atoms with Crippen molar-refractivity contribution in [1.29, 1.82) is 0 Å². The fraction of sp³-hybridized carbons (Fsp3) is 0.909. The van der Waals surface area contributed by atoms with E-state index in [4.69, 9.17) is 14.2 Å². The average molecular weight is 911 g/mol. The standard InChI is InChI=1S/C17H28O2.C15H22O4.C9H16.C6H8O3.8CH4/c1-5-16(2,3)15(18)19-17(4)13-7-11-6-12(9-13)10-14(17)8-11;1-8-9(2)12-5-10(8)6-13(12)15(17)18-7-11-3-4-14(16)19-11;1-6-7(2)9-4-3-8(6)5-9;1-3-4(2)6(8)9-5(3)7;;;;;;;;/h11-14H,5-10H2,1-4H3;8-13H,3-7H2,1-2H3;6-9H,3-5H2,1-2H3;3-4H,1-2H3;8*1H4. The zero-order valence-corrected chi connectivity index (χ0v) is 36.3. The van der Waals surface area contributed by atoms with Gasteiger partial charge in [-0.1, -0.05) is 108 Å². The second kappa shape index (κ2) is 26.2. The fourth-order valence-corrected chi connectivity index (χ4v) is 12.5. The zero-order valence-electron chi connectivity index (χ0n) is 36.3. The molecule has 8 saturated carbocycles. The predicted octanol–water partition coefficient (Wildman–Crippen LogP) is 14.5. The van der Waals surface area contributed by atoms with Gasteiger partial charge in [0.15, 0.2) is 0 Å². The molecule has 0 N–H and O–H groups in total. The lowest BCUT2D eigenvalue weighted by atomic mass is 9.50. The molecule has 9 heteroatoms. The molecule has 10 fully saturated rings. The Morgan fingerprint density at radius 1 is 0.641 bits per heavy atom. The van der Waals surface area contributed by atoms with Crippen molar-refractivity contribution in [3.05, 3.63) is 0 Å². The average Bonchev–Trinajstić information content (AvgIpc) is 4.02. The maximum Gasteiger partial charge on any atom is 0.317 e. The third-order valence-corrected chi connectivity index (χ3v) is 17.6. The van der Waals surface area contributed by atoms with E-state index in [1.807, 2.05) is 13.8 Å². The molecular formula is C55H106O9. The van der Waals surface area contributed by atoms with Gasteiger partial charge in [-0.15, -0.1) is 0 Å². The van der Waals surface area contributed by atoms with Crippen LogP contribution in [-0.2, 0) is 42.9 Å². The zero-order chi connectivity index (χ0) is 40.9. The molecular weight excluding hydrogens is 805 g/mol. The van der Waals surface area contributed by atoms with Crippen molar-refractivity contribution in [3.8, 4) is 0 Å². The molecule has 10 rings (SSSR count). The molecule has 9 nitrogen and oxygen atoms in total.